The third kappa shape index (κ3) is 2.15. The first kappa shape index (κ1) is 10.5. The van der Waals surface area contributed by atoms with Crippen molar-refractivity contribution < 1.29 is 0 Å². The molecular weight excluding hydrogens is 184 g/mol. The van der Waals surface area contributed by atoms with Crippen molar-refractivity contribution in [3.63, 3.8) is 0 Å². The molecule has 1 aliphatic rings. The summed E-state index contributed by atoms with van der Waals surface area (Å²) in [6.07, 6.45) is 4.09. The number of nitrogens with zero attached hydrogens (tertiary/aromatic N) is 1. The van der Waals surface area contributed by atoms with E-state index in [2.05, 4.69) is 31.0 Å². The summed E-state index contributed by atoms with van der Waals surface area (Å²) in [4.78, 5) is 2.47. The predicted molar refractivity (Wildman–Crippen MR) is 64.7 cm³/mol. The van der Waals surface area contributed by atoms with Gasteiger partial charge in [-0.15, -0.1) is 0 Å². The number of anilines is 1. The zero-order valence-corrected chi connectivity index (χ0v) is 9.61. The van der Waals surface area contributed by atoms with Gasteiger partial charge in [0.15, 0.2) is 0 Å². The van der Waals surface area contributed by atoms with Crippen LogP contribution in [-0.2, 0) is 0 Å². The molecule has 82 valence electrons. The highest BCUT2D eigenvalue weighted by Gasteiger charge is 2.25. The lowest BCUT2D eigenvalue weighted by atomic mass is 9.90. The fourth-order valence-corrected chi connectivity index (χ4v) is 2.16. The van der Waals surface area contributed by atoms with Gasteiger partial charge in [0, 0.05) is 17.8 Å². The zero-order valence-electron chi connectivity index (χ0n) is 9.61. The van der Waals surface area contributed by atoms with E-state index >= 15 is 0 Å². The minimum absolute atomic E-state index is 0.471. The Bertz CT molecular complexity index is 331. The van der Waals surface area contributed by atoms with Gasteiger partial charge in [0.1, 0.15) is 0 Å². The van der Waals surface area contributed by atoms with Crippen LogP contribution in [0.3, 0.4) is 0 Å². The molecule has 0 heterocycles. The molecule has 1 aliphatic carbocycles. The lowest BCUT2D eigenvalue weighted by molar-refractivity contribution is 0.118. The number of rotatable bonds is 3. The second kappa shape index (κ2) is 4.23. The summed E-state index contributed by atoms with van der Waals surface area (Å²) < 4.78 is 0. The summed E-state index contributed by atoms with van der Waals surface area (Å²) in [6.45, 7) is 2.26. The Hall–Kier alpha value is -1.02. The molecule has 1 aromatic carbocycles. The molecule has 0 amide bonds. The molecule has 0 saturated heterocycles. The van der Waals surface area contributed by atoms with Crippen molar-refractivity contribution in [3.8, 4) is 0 Å². The van der Waals surface area contributed by atoms with E-state index in [0.717, 1.165) is 11.7 Å². The summed E-state index contributed by atoms with van der Waals surface area (Å²) in [5.41, 5.74) is 7.99. The largest absolute Gasteiger partial charge is 0.399 e. The molecule has 2 nitrogen and oxygen atoms in total. The standard InChI is InChI=1S/C13H20N2/c1-10(15(2)13-7-4-8-13)11-5-3-6-12(14)9-11/h3,5-6,9-10,13H,4,7-8,14H2,1-2H3. The van der Waals surface area contributed by atoms with Gasteiger partial charge in [-0.05, 0) is 44.5 Å². The highest BCUT2D eigenvalue weighted by molar-refractivity contribution is 5.41. The maximum Gasteiger partial charge on any atom is 0.0320 e. The van der Waals surface area contributed by atoms with Crippen LogP contribution in [-0.4, -0.2) is 18.0 Å². The minimum Gasteiger partial charge on any atom is -0.399 e. The van der Waals surface area contributed by atoms with Crippen LogP contribution in [0.5, 0.6) is 0 Å². The highest BCUT2D eigenvalue weighted by atomic mass is 15.2. The van der Waals surface area contributed by atoms with Gasteiger partial charge >= 0.3 is 0 Å². The fraction of sp³-hybridized carbons (Fsp3) is 0.538. The number of hydrogen-bond donors (Lipinski definition) is 1. The Morgan fingerprint density at radius 2 is 2.13 bits per heavy atom. The van der Waals surface area contributed by atoms with E-state index < -0.39 is 0 Å². The third-order valence-corrected chi connectivity index (χ3v) is 3.65. The van der Waals surface area contributed by atoms with E-state index in [0.29, 0.717) is 6.04 Å². The molecule has 2 heteroatoms. The summed E-state index contributed by atoms with van der Waals surface area (Å²) in [6, 6.07) is 9.48. The van der Waals surface area contributed by atoms with Gasteiger partial charge in [-0.3, -0.25) is 4.90 Å². The summed E-state index contributed by atoms with van der Waals surface area (Å²) in [5, 5.41) is 0. The molecule has 1 saturated carbocycles. The van der Waals surface area contributed by atoms with E-state index in [4.69, 9.17) is 5.73 Å². The second-order valence-corrected chi connectivity index (χ2v) is 4.60. The summed E-state index contributed by atoms with van der Waals surface area (Å²) >= 11 is 0. The average molecular weight is 204 g/mol. The molecular formula is C13H20N2. The van der Waals surface area contributed by atoms with Crippen molar-refractivity contribution >= 4 is 5.69 Å². The van der Waals surface area contributed by atoms with Gasteiger partial charge in [0.05, 0.1) is 0 Å². The molecule has 1 unspecified atom stereocenters. The first-order valence-corrected chi connectivity index (χ1v) is 5.76. The van der Waals surface area contributed by atoms with Crippen molar-refractivity contribution in [1.82, 2.24) is 4.90 Å². The van der Waals surface area contributed by atoms with Crippen molar-refractivity contribution in [2.75, 3.05) is 12.8 Å². The molecule has 15 heavy (non-hydrogen) atoms. The van der Waals surface area contributed by atoms with Crippen LogP contribution in [0.25, 0.3) is 0 Å². The van der Waals surface area contributed by atoms with Crippen molar-refractivity contribution in [3.05, 3.63) is 29.8 Å². The number of nitrogen functional groups attached to an aromatic ring is 1. The number of hydrogen-bond acceptors (Lipinski definition) is 2. The first-order valence-electron chi connectivity index (χ1n) is 5.76. The lowest BCUT2D eigenvalue weighted by Crippen LogP contribution is -2.38. The fourth-order valence-electron chi connectivity index (χ4n) is 2.16. The van der Waals surface area contributed by atoms with Crippen molar-refractivity contribution in [1.29, 1.82) is 0 Å². The molecule has 0 spiro atoms. The molecule has 2 rings (SSSR count). The van der Waals surface area contributed by atoms with Gasteiger partial charge in [-0.2, -0.15) is 0 Å². The number of nitrogens with two attached hydrogens (primary N) is 1. The van der Waals surface area contributed by atoms with Gasteiger partial charge in [-0.25, -0.2) is 0 Å². The first-order chi connectivity index (χ1) is 7.18. The topological polar surface area (TPSA) is 29.3 Å². The molecule has 0 radical (unpaired) electrons. The smallest absolute Gasteiger partial charge is 0.0320 e. The molecule has 2 N–H and O–H groups in total. The maximum absolute atomic E-state index is 5.80. The van der Waals surface area contributed by atoms with E-state index in [1.165, 1.54) is 24.8 Å². The SMILES string of the molecule is CC(c1cccc(N)c1)N(C)C1CCC1. The van der Waals surface area contributed by atoms with E-state index in [1.807, 2.05) is 12.1 Å². The van der Waals surface area contributed by atoms with Crippen LogP contribution in [0.4, 0.5) is 5.69 Å². The Morgan fingerprint density at radius 1 is 1.40 bits per heavy atom. The second-order valence-electron chi connectivity index (χ2n) is 4.60. The molecule has 1 fully saturated rings. The van der Waals surface area contributed by atoms with Crippen LogP contribution in [0.1, 0.15) is 37.8 Å². The van der Waals surface area contributed by atoms with Gasteiger partial charge in [-0.1, -0.05) is 18.6 Å². The third-order valence-electron chi connectivity index (χ3n) is 3.65. The Morgan fingerprint density at radius 3 is 2.67 bits per heavy atom. The number of benzene rings is 1. The summed E-state index contributed by atoms with van der Waals surface area (Å²) in [7, 11) is 2.22. The lowest BCUT2D eigenvalue weighted by Gasteiger charge is -2.38. The maximum atomic E-state index is 5.80. The van der Waals surface area contributed by atoms with Crippen molar-refractivity contribution in [2.24, 2.45) is 0 Å². The monoisotopic (exact) mass is 204 g/mol. The Kier molecular flexibility index (Phi) is 2.96. The molecule has 0 aliphatic heterocycles. The molecule has 1 atom stereocenters. The summed E-state index contributed by atoms with van der Waals surface area (Å²) in [5.74, 6) is 0. The molecule has 0 bridgehead atoms. The van der Waals surface area contributed by atoms with Crippen LogP contribution in [0, 0.1) is 0 Å². The predicted octanol–water partition coefficient (Wildman–Crippen LogP) is 2.81. The Balaban J connectivity index is 2.08. The van der Waals surface area contributed by atoms with Gasteiger partial charge in [0.2, 0.25) is 0 Å². The average Bonchev–Trinajstić information content (AvgIpc) is 2.14. The van der Waals surface area contributed by atoms with E-state index in [9.17, 15) is 0 Å². The van der Waals surface area contributed by atoms with Crippen LogP contribution in [0.15, 0.2) is 24.3 Å². The van der Waals surface area contributed by atoms with Gasteiger partial charge < -0.3 is 5.73 Å². The zero-order chi connectivity index (χ0) is 10.8. The Labute approximate surface area is 92.1 Å². The van der Waals surface area contributed by atoms with Crippen LogP contribution < -0.4 is 5.73 Å². The quantitative estimate of drug-likeness (QED) is 0.767. The highest BCUT2D eigenvalue weighted by Crippen LogP contribution is 2.30. The van der Waals surface area contributed by atoms with E-state index in [1.54, 1.807) is 0 Å². The van der Waals surface area contributed by atoms with Crippen LogP contribution >= 0.6 is 0 Å². The molecule has 1 aromatic rings. The van der Waals surface area contributed by atoms with Gasteiger partial charge in [0.25, 0.3) is 0 Å². The molecule has 0 aromatic heterocycles. The van der Waals surface area contributed by atoms with Crippen LogP contribution in [0.2, 0.25) is 0 Å². The van der Waals surface area contributed by atoms with Crippen molar-refractivity contribution in [2.45, 2.75) is 38.3 Å². The van der Waals surface area contributed by atoms with E-state index in [-0.39, 0.29) is 0 Å². The normalized spacial score (nSPS) is 18.9. The minimum atomic E-state index is 0.471.